The molecule has 1 aliphatic heterocycles. The van der Waals surface area contributed by atoms with Crippen molar-refractivity contribution >= 4 is 22.9 Å². The lowest BCUT2D eigenvalue weighted by molar-refractivity contribution is 0.0980. The molecule has 0 fully saturated rings. The fourth-order valence-corrected chi connectivity index (χ4v) is 3.34. The number of amides is 1. The fraction of sp³-hybridized carbons (Fsp3) is 0.333. The van der Waals surface area contributed by atoms with Crippen molar-refractivity contribution in [3.8, 4) is 0 Å². The van der Waals surface area contributed by atoms with Gasteiger partial charge in [0.2, 0.25) is 0 Å². The molecule has 3 rings (SSSR count). The molecule has 104 valence electrons. The second kappa shape index (κ2) is 5.34. The third kappa shape index (κ3) is 2.23. The van der Waals surface area contributed by atoms with E-state index < -0.39 is 0 Å². The van der Waals surface area contributed by atoms with Crippen molar-refractivity contribution in [1.29, 1.82) is 0 Å². The zero-order valence-electron chi connectivity index (χ0n) is 11.4. The minimum Gasteiger partial charge on any atom is -0.325 e. The Morgan fingerprint density at radius 3 is 3.10 bits per heavy atom. The van der Waals surface area contributed by atoms with Crippen molar-refractivity contribution in [2.75, 3.05) is 11.4 Å². The van der Waals surface area contributed by atoms with Crippen LogP contribution in [0.15, 0.2) is 23.6 Å². The number of carbonyl (C=O) groups is 1. The van der Waals surface area contributed by atoms with E-state index in [-0.39, 0.29) is 5.91 Å². The molecule has 0 aliphatic carbocycles. The first kappa shape index (κ1) is 13.3. The molecule has 4 nitrogen and oxygen atoms in total. The van der Waals surface area contributed by atoms with Crippen LogP contribution in [-0.4, -0.2) is 17.4 Å². The minimum absolute atomic E-state index is 0.0174. The molecule has 2 heterocycles. The molecule has 20 heavy (non-hydrogen) atoms. The molecule has 2 aromatic rings. The number of anilines is 1. The summed E-state index contributed by atoms with van der Waals surface area (Å²) in [6.07, 6.45) is 2.03. The van der Waals surface area contributed by atoms with Crippen LogP contribution in [0.2, 0.25) is 0 Å². The van der Waals surface area contributed by atoms with Gasteiger partial charge in [0.25, 0.3) is 5.91 Å². The second-order valence-electron chi connectivity index (χ2n) is 4.97. The highest BCUT2D eigenvalue weighted by Gasteiger charge is 2.26. The normalized spacial score (nSPS) is 14.2. The van der Waals surface area contributed by atoms with Crippen LogP contribution in [0.1, 0.15) is 33.0 Å². The average molecular weight is 287 g/mol. The van der Waals surface area contributed by atoms with E-state index in [1.165, 1.54) is 16.9 Å². The molecule has 0 bridgehead atoms. The number of para-hydroxylation sites is 1. The number of rotatable bonds is 2. The third-order valence-electron chi connectivity index (χ3n) is 3.61. The molecule has 1 aromatic carbocycles. The van der Waals surface area contributed by atoms with Gasteiger partial charge in [-0.1, -0.05) is 18.2 Å². The monoisotopic (exact) mass is 287 g/mol. The van der Waals surface area contributed by atoms with Crippen LogP contribution in [0, 0.1) is 6.92 Å². The van der Waals surface area contributed by atoms with Crippen LogP contribution in [0.3, 0.4) is 0 Å². The summed E-state index contributed by atoms with van der Waals surface area (Å²) in [6, 6.07) is 6.21. The molecule has 0 atom stereocenters. The number of thiazole rings is 1. The van der Waals surface area contributed by atoms with Crippen molar-refractivity contribution in [2.24, 2.45) is 5.73 Å². The Morgan fingerprint density at radius 1 is 1.50 bits per heavy atom. The van der Waals surface area contributed by atoms with Crippen LogP contribution in [0.5, 0.6) is 0 Å². The van der Waals surface area contributed by atoms with Gasteiger partial charge < -0.3 is 10.6 Å². The van der Waals surface area contributed by atoms with Crippen molar-refractivity contribution in [3.05, 3.63) is 45.4 Å². The summed E-state index contributed by atoms with van der Waals surface area (Å²) in [4.78, 5) is 18.8. The lowest BCUT2D eigenvalue weighted by atomic mass is 9.98. The third-order valence-corrected chi connectivity index (χ3v) is 4.48. The molecule has 5 heteroatoms. The fourth-order valence-electron chi connectivity index (χ4n) is 2.69. The van der Waals surface area contributed by atoms with E-state index in [4.69, 9.17) is 5.73 Å². The Balaban J connectivity index is 1.98. The Labute approximate surface area is 122 Å². The molecule has 1 amide bonds. The number of nitrogens with zero attached hydrogens (tertiary/aromatic N) is 2. The molecule has 1 aliphatic rings. The van der Waals surface area contributed by atoms with Gasteiger partial charge in [0.1, 0.15) is 10.7 Å². The van der Waals surface area contributed by atoms with E-state index in [0.29, 0.717) is 12.2 Å². The van der Waals surface area contributed by atoms with Crippen LogP contribution < -0.4 is 10.6 Å². The molecule has 0 saturated heterocycles. The topological polar surface area (TPSA) is 59.2 Å². The summed E-state index contributed by atoms with van der Waals surface area (Å²) in [5, 5.41) is 2.60. The molecular weight excluding hydrogens is 270 g/mol. The predicted octanol–water partition coefficient (Wildman–Crippen LogP) is 2.50. The Bertz CT molecular complexity index is 650. The van der Waals surface area contributed by atoms with Gasteiger partial charge in [-0.15, -0.1) is 11.3 Å². The maximum atomic E-state index is 12.7. The number of carbonyl (C=O) groups excluding carboxylic acids is 1. The summed E-state index contributed by atoms with van der Waals surface area (Å²) < 4.78 is 0. The zero-order chi connectivity index (χ0) is 14.1. The Kier molecular flexibility index (Phi) is 3.54. The SMILES string of the molecule is Cc1cccc2c1N(C(=O)c1csc(CN)n1)CCC2. The van der Waals surface area contributed by atoms with Gasteiger partial charge in [-0.25, -0.2) is 4.98 Å². The van der Waals surface area contributed by atoms with Crippen LogP contribution in [-0.2, 0) is 13.0 Å². The van der Waals surface area contributed by atoms with Crippen molar-refractivity contribution in [3.63, 3.8) is 0 Å². The van der Waals surface area contributed by atoms with E-state index in [2.05, 4.69) is 30.1 Å². The molecular formula is C15H17N3OS. The highest BCUT2D eigenvalue weighted by molar-refractivity contribution is 7.09. The first-order valence-electron chi connectivity index (χ1n) is 6.75. The van der Waals surface area contributed by atoms with Gasteiger partial charge in [-0.3, -0.25) is 4.79 Å². The number of hydrogen-bond donors (Lipinski definition) is 1. The number of benzene rings is 1. The Hall–Kier alpha value is -1.72. The zero-order valence-corrected chi connectivity index (χ0v) is 12.2. The first-order valence-corrected chi connectivity index (χ1v) is 7.63. The lowest BCUT2D eigenvalue weighted by Gasteiger charge is -2.30. The van der Waals surface area contributed by atoms with Gasteiger partial charge in [-0.05, 0) is 30.9 Å². The quantitative estimate of drug-likeness (QED) is 0.923. The number of fused-ring (bicyclic) bond motifs is 1. The molecule has 0 radical (unpaired) electrons. The molecule has 0 unspecified atom stereocenters. The highest BCUT2D eigenvalue weighted by Crippen LogP contribution is 2.31. The Morgan fingerprint density at radius 2 is 2.35 bits per heavy atom. The van der Waals surface area contributed by atoms with E-state index in [1.807, 2.05) is 4.90 Å². The van der Waals surface area contributed by atoms with Crippen LogP contribution in [0.25, 0.3) is 0 Å². The second-order valence-corrected chi connectivity index (χ2v) is 5.92. The van der Waals surface area contributed by atoms with Crippen molar-refractivity contribution in [1.82, 2.24) is 4.98 Å². The predicted molar refractivity (Wildman–Crippen MR) is 81.2 cm³/mol. The van der Waals surface area contributed by atoms with Gasteiger partial charge in [0.05, 0.1) is 5.69 Å². The van der Waals surface area contributed by atoms with Gasteiger partial charge in [-0.2, -0.15) is 0 Å². The molecule has 0 spiro atoms. The number of aryl methyl sites for hydroxylation is 2. The summed E-state index contributed by atoms with van der Waals surface area (Å²) in [5.41, 5.74) is 9.52. The minimum atomic E-state index is -0.0174. The molecule has 1 aromatic heterocycles. The number of hydrogen-bond acceptors (Lipinski definition) is 4. The maximum Gasteiger partial charge on any atom is 0.277 e. The first-order chi connectivity index (χ1) is 9.70. The van der Waals surface area contributed by atoms with Gasteiger partial charge >= 0.3 is 0 Å². The summed E-state index contributed by atoms with van der Waals surface area (Å²) >= 11 is 1.44. The average Bonchev–Trinajstić information content (AvgIpc) is 2.95. The van der Waals surface area contributed by atoms with E-state index in [9.17, 15) is 4.79 Å². The molecule has 0 saturated carbocycles. The largest absolute Gasteiger partial charge is 0.325 e. The van der Waals surface area contributed by atoms with Gasteiger partial charge in [0, 0.05) is 18.5 Å². The van der Waals surface area contributed by atoms with Gasteiger partial charge in [0.15, 0.2) is 0 Å². The number of nitrogens with two attached hydrogens (primary N) is 1. The summed E-state index contributed by atoms with van der Waals surface area (Å²) in [5.74, 6) is -0.0174. The van der Waals surface area contributed by atoms with E-state index >= 15 is 0 Å². The van der Waals surface area contributed by atoms with E-state index in [1.54, 1.807) is 5.38 Å². The number of aromatic nitrogens is 1. The van der Waals surface area contributed by atoms with Crippen molar-refractivity contribution < 1.29 is 4.79 Å². The lowest BCUT2D eigenvalue weighted by Crippen LogP contribution is -2.36. The summed E-state index contributed by atoms with van der Waals surface area (Å²) in [6.45, 7) is 3.19. The maximum absolute atomic E-state index is 12.7. The van der Waals surface area contributed by atoms with Crippen LogP contribution in [0.4, 0.5) is 5.69 Å². The molecule has 2 N–H and O–H groups in total. The smallest absolute Gasteiger partial charge is 0.277 e. The van der Waals surface area contributed by atoms with Crippen molar-refractivity contribution in [2.45, 2.75) is 26.3 Å². The highest BCUT2D eigenvalue weighted by atomic mass is 32.1. The van der Waals surface area contributed by atoms with E-state index in [0.717, 1.165) is 35.6 Å². The standard InChI is InChI=1S/C15H17N3OS/c1-10-4-2-5-11-6-3-7-18(14(10)11)15(19)12-9-20-13(8-16)17-12/h2,4-5,9H,3,6-8,16H2,1H3. The summed E-state index contributed by atoms with van der Waals surface area (Å²) in [7, 11) is 0. The van der Waals surface area contributed by atoms with Crippen LogP contribution >= 0.6 is 11.3 Å².